The molecule has 0 atom stereocenters. The highest BCUT2D eigenvalue weighted by Gasteiger charge is 2.25. The maximum absolute atomic E-state index is 12.4. The average molecular weight is 299 g/mol. The fourth-order valence-electron chi connectivity index (χ4n) is 2.32. The van der Waals surface area contributed by atoms with Crippen molar-refractivity contribution in [3.8, 4) is 0 Å². The molecule has 0 unspecified atom stereocenters. The lowest BCUT2D eigenvalue weighted by Crippen LogP contribution is -2.40. The maximum Gasteiger partial charge on any atom is 0.242 e. The SMILES string of the molecule is Cc1cccc(N)c1S(=O)(=O)NCC(C)(C)CN(C)C. The lowest BCUT2D eigenvalue weighted by Gasteiger charge is -2.28. The Kier molecular flexibility index (Phi) is 5.18. The molecule has 1 rings (SSSR count). The first-order valence-electron chi connectivity index (χ1n) is 6.55. The number of nitrogen functional groups attached to an aromatic ring is 1. The summed E-state index contributed by atoms with van der Waals surface area (Å²) in [4.78, 5) is 2.22. The summed E-state index contributed by atoms with van der Waals surface area (Å²) in [5.41, 5.74) is 6.58. The van der Waals surface area contributed by atoms with Gasteiger partial charge >= 0.3 is 0 Å². The van der Waals surface area contributed by atoms with E-state index in [2.05, 4.69) is 4.72 Å². The van der Waals surface area contributed by atoms with Crippen molar-refractivity contribution in [2.75, 3.05) is 32.9 Å². The number of hydrogen-bond acceptors (Lipinski definition) is 4. The van der Waals surface area contributed by atoms with Gasteiger partial charge in [-0.3, -0.25) is 0 Å². The quantitative estimate of drug-likeness (QED) is 0.780. The van der Waals surface area contributed by atoms with Gasteiger partial charge < -0.3 is 10.6 Å². The summed E-state index contributed by atoms with van der Waals surface area (Å²) < 4.78 is 27.5. The minimum absolute atomic E-state index is 0.159. The van der Waals surface area contributed by atoms with Crippen LogP contribution in [-0.2, 0) is 10.0 Å². The van der Waals surface area contributed by atoms with Gasteiger partial charge in [0.1, 0.15) is 4.90 Å². The average Bonchev–Trinajstić information content (AvgIpc) is 2.24. The number of nitrogens with two attached hydrogens (primary N) is 1. The fraction of sp³-hybridized carbons (Fsp3) is 0.571. The molecule has 0 bridgehead atoms. The van der Waals surface area contributed by atoms with E-state index in [1.54, 1.807) is 25.1 Å². The van der Waals surface area contributed by atoms with Gasteiger partial charge in [-0.05, 0) is 38.1 Å². The van der Waals surface area contributed by atoms with Crippen molar-refractivity contribution in [2.24, 2.45) is 5.41 Å². The van der Waals surface area contributed by atoms with Crippen molar-refractivity contribution < 1.29 is 8.42 Å². The second-order valence-electron chi connectivity index (χ2n) is 6.22. The van der Waals surface area contributed by atoms with Gasteiger partial charge in [-0.1, -0.05) is 26.0 Å². The summed E-state index contributed by atoms with van der Waals surface area (Å²) in [5, 5.41) is 0. The standard InChI is InChI=1S/C14H25N3O2S/c1-11-7-6-8-12(15)13(11)20(18,19)16-9-14(2,3)10-17(4)5/h6-8,16H,9-10,15H2,1-5H3. The Balaban J connectivity index is 2.92. The van der Waals surface area contributed by atoms with Gasteiger partial charge in [0.25, 0.3) is 0 Å². The van der Waals surface area contributed by atoms with Crippen molar-refractivity contribution >= 4 is 15.7 Å². The Bertz CT molecular complexity index is 546. The number of hydrogen-bond donors (Lipinski definition) is 2. The van der Waals surface area contributed by atoms with E-state index in [-0.39, 0.29) is 16.0 Å². The molecule has 0 aromatic heterocycles. The van der Waals surface area contributed by atoms with E-state index in [1.807, 2.05) is 32.8 Å². The van der Waals surface area contributed by atoms with Crippen LogP contribution in [0.3, 0.4) is 0 Å². The van der Waals surface area contributed by atoms with Crippen LogP contribution < -0.4 is 10.5 Å². The van der Waals surface area contributed by atoms with E-state index >= 15 is 0 Å². The summed E-state index contributed by atoms with van der Waals surface area (Å²) in [6.07, 6.45) is 0. The smallest absolute Gasteiger partial charge is 0.242 e. The zero-order valence-electron chi connectivity index (χ0n) is 12.9. The van der Waals surface area contributed by atoms with E-state index in [1.165, 1.54) is 0 Å². The van der Waals surface area contributed by atoms with Gasteiger partial charge in [0.15, 0.2) is 0 Å². The molecule has 5 nitrogen and oxygen atoms in total. The van der Waals surface area contributed by atoms with Crippen LogP contribution in [0.25, 0.3) is 0 Å². The van der Waals surface area contributed by atoms with Crippen molar-refractivity contribution in [1.82, 2.24) is 9.62 Å². The van der Waals surface area contributed by atoms with Gasteiger partial charge in [0, 0.05) is 13.1 Å². The summed E-state index contributed by atoms with van der Waals surface area (Å²) >= 11 is 0. The Hall–Kier alpha value is -1.11. The van der Waals surface area contributed by atoms with Crippen LogP contribution >= 0.6 is 0 Å². The highest BCUT2D eigenvalue weighted by Crippen LogP contribution is 2.23. The number of rotatable bonds is 6. The topological polar surface area (TPSA) is 75.4 Å². The third kappa shape index (κ3) is 4.47. The highest BCUT2D eigenvalue weighted by atomic mass is 32.2. The molecule has 0 heterocycles. The molecule has 114 valence electrons. The van der Waals surface area contributed by atoms with Gasteiger partial charge in [0.2, 0.25) is 10.0 Å². The second-order valence-corrected chi connectivity index (χ2v) is 7.92. The number of nitrogens with one attached hydrogen (secondary N) is 1. The van der Waals surface area contributed by atoms with E-state index in [0.717, 1.165) is 6.54 Å². The zero-order chi connectivity index (χ0) is 15.6. The minimum Gasteiger partial charge on any atom is -0.398 e. The summed E-state index contributed by atoms with van der Waals surface area (Å²) in [7, 11) is 0.352. The molecule has 0 aliphatic carbocycles. The van der Waals surface area contributed by atoms with Crippen LogP contribution in [0.1, 0.15) is 19.4 Å². The predicted molar refractivity (Wildman–Crippen MR) is 83.1 cm³/mol. The van der Waals surface area contributed by atoms with Gasteiger partial charge in [-0.25, -0.2) is 13.1 Å². The van der Waals surface area contributed by atoms with E-state index in [0.29, 0.717) is 12.1 Å². The molecular weight excluding hydrogens is 274 g/mol. The summed E-state index contributed by atoms with van der Waals surface area (Å²) in [5.74, 6) is 0. The van der Waals surface area contributed by atoms with Crippen LogP contribution in [0.15, 0.2) is 23.1 Å². The highest BCUT2D eigenvalue weighted by molar-refractivity contribution is 7.89. The number of benzene rings is 1. The molecule has 0 saturated heterocycles. The van der Waals surface area contributed by atoms with Crippen molar-refractivity contribution in [3.63, 3.8) is 0 Å². The number of aryl methyl sites for hydroxylation is 1. The number of anilines is 1. The van der Waals surface area contributed by atoms with Gasteiger partial charge in [0.05, 0.1) is 5.69 Å². The molecule has 20 heavy (non-hydrogen) atoms. The first-order chi connectivity index (χ1) is 9.05. The van der Waals surface area contributed by atoms with Crippen LogP contribution in [-0.4, -0.2) is 40.5 Å². The monoisotopic (exact) mass is 299 g/mol. The molecule has 1 aromatic carbocycles. The maximum atomic E-state index is 12.4. The third-order valence-corrected chi connectivity index (χ3v) is 4.62. The number of nitrogens with zero attached hydrogens (tertiary/aromatic N) is 1. The Morgan fingerprint density at radius 1 is 1.30 bits per heavy atom. The summed E-state index contributed by atoms with van der Waals surface area (Å²) in [6.45, 7) is 6.95. The molecule has 0 spiro atoms. The molecule has 0 saturated carbocycles. The van der Waals surface area contributed by atoms with E-state index in [4.69, 9.17) is 5.73 Å². The van der Waals surface area contributed by atoms with E-state index in [9.17, 15) is 8.42 Å². The Morgan fingerprint density at radius 2 is 1.90 bits per heavy atom. The van der Waals surface area contributed by atoms with Crippen LogP contribution in [0.4, 0.5) is 5.69 Å². The van der Waals surface area contributed by atoms with E-state index < -0.39 is 10.0 Å². The van der Waals surface area contributed by atoms with Crippen molar-refractivity contribution in [1.29, 1.82) is 0 Å². The largest absolute Gasteiger partial charge is 0.398 e. The van der Waals surface area contributed by atoms with Gasteiger partial charge in [-0.2, -0.15) is 0 Å². The zero-order valence-corrected chi connectivity index (χ0v) is 13.7. The molecule has 0 aliphatic rings. The second kappa shape index (κ2) is 6.11. The first kappa shape index (κ1) is 16.9. The predicted octanol–water partition coefficient (Wildman–Crippen LogP) is 1.44. The van der Waals surface area contributed by atoms with Crippen LogP contribution in [0, 0.1) is 12.3 Å². The minimum atomic E-state index is -3.58. The fourth-order valence-corrected chi connectivity index (χ4v) is 3.91. The molecule has 1 aromatic rings. The molecule has 0 radical (unpaired) electrons. The van der Waals surface area contributed by atoms with Gasteiger partial charge in [-0.15, -0.1) is 0 Å². The molecular formula is C14H25N3O2S. The summed E-state index contributed by atoms with van der Waals surface area (Å²) in [6, 6.07) is 5.10. The molecule has 3 N–H and O–H groups in total. The lowest BCUT2D eigenvalue weighted by molar-refractivity contribution is 0.242. The molecule has 6 heteroatoms. The normalized spacial score (nSPS) is 12.9. The van der Waals surface area contributed by atoms with Crippen molar-refractivity contribution in [2.45, 2.75) is 25.7 Å². The Morgan fingerprint density at radius 3 is 2.40 bits per heavy atom. The molecule has 0 fully saturated rings. The molecule has 0 amide bonds. The lowest BCUT2D eigenvalue weighted by atomic mass is 9.93. The number of sulfonamides is 1. The van der Waals surface area contributed by atoms with Crippen LogP contribution in [0.5, 0.6) is 0 Å². The first-order valence-corrected chi connectivity index (χ1v) is 8.03. The van der Waals surface area contributed by atoms with Crippen LogP contribution in [0.2, 0.25) is 0 Å². The Labute approximate surface area is 122 Å². The molecule has 0 aliphatic heterocycles. The third-order valence-electron chi connectivity index (χ3n) is 3.00. The van der Waals surface area contributed by atoms with Crippen molar-refractivity contribution in [3.05, 3.63) is 23.8 Å².